The first kappa shape index (κ1) is 15.7. The zero-order valence-corrected chi connectivity index (χ0v) is 11.6. The lowest BCUT2D eigenvalue weighted by Gasteiger charge is -2.28. The number of likely N-dealkylation sites (N-methyl/N-ethyl adjacent to an activating group) is 1. The number of urea groups is 1. The number of ether oxygens (including phenoxy) is 1. The fourth-order valence-corrected chi connectivity index (χ4v) is 2.17. The van der Waals surface area contributed by atoms with E-state index in [-0.39, 0.29) is 25.3 Å². The Balaban J connectivity index is 2.26. The van der Waals surface area contributed by atoms with Crippen LogP contribution in [0.4, 0.5) is 4.79 Å². The minimum atomic E-state index is -1.00. The number of amides is 2. The van der Waals surface area contributed by atoms with E-state index in [1.807, 2.05) is 11.8 Å². The maximum absolute atomic E-state index is 12.0. The number of carbonyl (C=O) groups is 2. The van der Waals surface area contributed by atoms with Gasteiger partial charge in [-0.2, -0.15) is 0 Å². The van der Waals surface area contributed by atoms with Crippen LogP contribution in [-0.4, -0.2) is 79.4 Å². The van der Waals surface area contributed by atoms with Crippen molar-refractivity contribution in [3.63, 3.8) is 0 Å². The molecule has 1 saturated heterocycles. The smallest absolute Gasteiger partial charge is 0.329 e. The quantitative estimate of drug-likeness (QED) is 0.679. The second-order valence-corrected chi connectivity index (χ2v) is 4.84. The third-order valence-electron chi connectivity index (χ3n) is 3.06. The normalized spacial score (nSPS) is 20.9. The zero-order chi connectivity index (χ0) is 14.3. The molecule has 0 bridgehead atoms. The zero-order valence-electron chi connectivity index (χ0n) is 11.6. The Morgan fingerprint density at radius 1 is 1.42 bits per heavy atom. The van der Waals surface area contributed by atoms with Gasteiger partial charge < -0.3 is 25.0 Å². The van der Waals surface area contributed by atoms with Gasteiger partial charge in [-0.1, -0.05) is 0 Å². The largest absolute Gasteiger partial charge is 0.480 e. The number of hydrogen-bond donors (Lipinski definition) is 2. The molecule has 1 rings (SSSR count). The number of carboxylic acids is 1. The SMILES string of the molecule is CC1CN(C)CCCN1C(=O)NCCOCC(=O)O. The monoisotopic (exact) mass is 273 g/mol. The van der Waals surface area contributed by atoms with Gasteiger partial charge in [0.1, 0.15) is 6.61 Å². The molecule has 0 spiro atoms. The van der Waals surface area contributed by atoms with Crippen LogP contribution in [0.15, 0.2) is 0 Å². The first-order valence-electron chi connectivity index (χ1n) is 6.53. The van der Waals surface area contributed by atoms with Crippen molar-refractivity contribution in [3.8, 4) is 0 Å². The van der Waals surface area contributed by atoms with E-state index in [2.05, 4.69) is 17.3 Å². The minimum Gasteiger partial charge on any atom is -0.480 e. The predicted octanol–water partition coefficient (Wildman–Crippen LogP) is -0.177. The Hall–Kier alpha value is -1.34. The van der Waals surface area contributed by atoms with Gasteiger partial charge >= 0.3 is 12.0 Å². The molecule has 1 atom stereocenters. The van der Waals surface area contributed by atoms with E-state index in [9.17, 15) is 9.59 Å². The van der Waals surface area contributed by atoms with Crippen LogP contribution in [-0.2, 0) is 9.53 Å². The molecule has 19 heavy (non-hydrogen) atoms. The predicted molar refractivity (Wildman–Crippen MR) is 70.1 cm³/mol. The molecule has 1 unspecified atom stereocenters. The standard InChI is InChI=1S/C12H23N3O4/c1-10-8-14(2)5-3-6-15(10)12(18)13-4-7-19-9-11(16)17/h10H,3-9H2,1-2H3,(H,13,18)(H,16,17). The fraction of sp³-hybridized carbons (Fsp3) is 0.833. The Kier molecular flexibility index (Phi) is 6.58. The highest BCUT2D eigenvalue weighted by atomic mass is 16.5. The summed E-state index contributed by atoms with van der Waals surface area (Å²) in [6.07, 6.45) is 0.962. The van der Waals surface area contributed by atoms with Gasteiger partial charge in [-0.25, -0.2) is 9.59 Å². The number of nitrogens with zero attached hydrogens (tertiary/aromatic N) is 2. The average molecular weight is 273 g/mol. The van der Waals surface area contributed by atoms with Gasteiger partial charge in [0.15, 0.2) is 0 Å². The van der Waals surface area contributed by atoms with E-state index in [1.54, 1.807) is 0 Å². The van der Waals surface area contributed by atoms with Gasteiger partial charge in [0.25, 0.3) is 0 Å². The minimum absolute atomic E-state index is 0.110. The van der Waals surface area contributed by atoms with Crippen LogP contribution in [0.25, 0.3) is 0 Å². The highest BCUT2D eigenvalue weighted by molar-refractivity contribution is 5.74. The summed E-state index contributed by atoms with van der Waals surface area (Å²) in [4.78, 5) is 26.3. The maximum Gasteiger partial charge on any atom is 0.329 e. The van der Waals surface area contributed by atoms with Gasteiger partial charge in [-0.15, -0.1) is 0 Å². The molecule has 1 aliphatic heterocycles. The van der Waals surface area contributed by atoms with Gasteiger partial charge in [0.2, 0.25) is 0 Å². The summed E-state index contributed by atoms with van der Waals surface area (Å²) in [5.41, 5.74) is 0. The summed E-state index contributed by atoms with van der Waals surface area (Å²) in [7, 11) is 2.05. The number of hydrogen-bond acceptors (Lipinski definition) is 4. The van der Waals surface area contributed by atoms with Crippen molar-refractivity contribution < 1.29 is 19.4 Å². The summed E-state index contributed by atoms with van der Waals surface area (Å²) in [6, 6.07) is 0.0640. The van der Waals surface area contributed by atoms with E-state index < -0.39 is 5.97 Å². The lowest BCUT2D eigenvalue weighted by atomic mass is 10.3. The molecule has 0 aromatic rings. The molecular formula is C12H23N3O4. The number of carboxylic acid groups (broad SMARTS) is 1. The number of rotatable bonds is 5. The molecule has 0 aromatic heterocycles. The summed E-state index contributed by atoms with van der Waals surface area (Å²) in [5.74, 6) is -1.00. The molecule has 0 aliphatic carbocycles. The van der Waals surface area contributed by atoms with Crippen LogP contribution >= 0.6 is 0 Å². The van der Waals surface area contributed by atoms with Gasteiger partial charge in [0.05, 0.1) is 6.61 Å². The molecule has 110 valence electrons. The van der Waals surface area contributed by atoms with Crippen LogP contribution in [0.2, 0.25) is 0 Å². The van der Waals surface area contributed by atoms with Crippen LogP contribution in [0, 0.1) is 0 Å². The Bertz CT molecular complexity index is 311. The summed E-state index contributed by atoms with van der Waals surface area (Å²) < 4.78 is 4.86. The molecule has 0 radical (unpaired) electrons. The molecule has 1 fully saturated rings. The molecule has 7 nitrogen and oxygen atoms in total. The van der Waals surface area contributed by atoms with Crippen molar-refractivity contribution in [2.24, 2.45) is 0 Å². The van der Waals surface area contributed by atoms with Crippen molar-refractivity contribution in [1.29, 1.82) is 0 Å². The number of aliphatic carboxylic acids is 1. The van der Waals surface area contributed by atoms with E-state index in [0.717, 1.165) is 26.1 Å². The van der Waals surface area contributed by atoms with Gasteiger partial charge in [-0.3, -0.25) is 0 Å². The van der Waals surface area contributed by atoms with Crippen LogP contribution in [0.5, 0.6) is 0 Å². The van der Waals surface area contributed by atoms with Gasteiger partial charge in [-0.05, 0) is 26.9 Å². The molecule has 0 saturated carbocycles. The van der Waals surface area contributed by atoms with Crippen LogP contribution in [0.1, 0.15) is 13.3 Å². The fourth-order valence-electron chi connectivity index (χ4n) is 2.17. The molecule has 2 N–H and O–H groups in total. The van der Waals surface area contributed by atoms with Crippen LogP contribution in [0.3, 0.4) is 0 Å². The van der Waals surface area contributed by atoms with Crippen molar-refractivity contribution in [2.45, 2.75) is 19.4 Å². The van der Waals surface area contributed by atoms with Crippen molar-refractivity contribution in [3.05, 3.63) is 0 Å². The van der Waals surface area contributed by atoms with E-state index in [4.69, 9.17) is 9.84 Å². The summed E-state index contributed by atoms with van der Waals surface area (Å²) in [6.45, 7) is 4.83. The molecule has 1 heterocycles. The molecular weight excluding hydrogens is 250 g/mol. The second kappa shape index (κ2) is 7.96. The highest BCUT2D eigenvalue weighted by Gasteiger charge is 2.23. The lowest BCUT2D eigenvalue weighted by molar-refractivity contribution is -0.142. The number of nitrogens with one attached hydrogen (secondary N) is 1. The highest BCUT2D eigenvalue weighted by Crippen LogP contribution is 2.08. The third kappa shape index (κ3) is 5.89. The van der Waals surface area contributed by atoms with Crippen molar-refractivity contribution in [2.75, 3.05) is 46.4 Å². The topological polar surface area (TPSA) is 82.1 Å². The van der Waals surface area contributed by atoms with E-state index in [1.165, 1.54) is 0 Å². The Morgan fingerprint density at radius 3 is 2.84 bits per heavy atom. The molecule has 0 aromatic carbocycles. The Labute approximate surface area is 113 Å². The van der Waals surface area contributed by atoms with Gasteiger partial charge in [0, 0.05) is 25.7 Å². The van der Waals surface area contributed by atoms with E-state index >= 15 is 0 Å². The van der Waals surface area contributed by atoms with Crippen molar-refractivity contribution in [1.82, 2.24) is 15.1 Å². The van der Waals surface area contributed by atoms with E-state index in [0.29, 0.717) is 6.54 Å². The van der Waals surface area contributed by atoms with Crippen LogP contribution < -0.4 is 5.32 Å². The molecule has 1 aliphatic rings. The first-order chi connectivity index (χ1) is 9.00. The second-order valence-electron chi connectivity index (χ2n) is 4.84. The average Bonchev–Trinajstić information content (AvgIpc) is 2.49. The summed E-state index contributed by atoms with van der Waals surface area (Å²) >= 11 is 0. The first-order valence-corrected chi connectivity index (χ1v) is 6.53. The Morgan fingerprint density at radius 2 is 2.16 bits per heavy atom. The molecule has 2 amide bonds. The third-order valence-corrected chi connectivity index (χ3v) is 3.06. The lowest BCUT2D eigenvalue weighted by Crippen LogP contribution is -2.47. The number of carbonyl (C=O) groups excluding carboxylic acids is 1. The summed E-state index contributed by atoms with van der Waals surface area (Å²) in [5, 5.41) is 11.1. The van der Waals surface area contributed by atoms with Crippen molar-refractivity contribution >= 4 is 12.0 Å². The molecule has 7 heteroatoms. The maximum atomic E-state index is 12.0.